The number of hydrogen-bond acceptors (Lipinski definition) is 3. The van der Waals surface area contributed by atoms with Crippen LogP contribution in [0.15, 0.2) is 35.2 Å². The summed E-state index contributed by atoms with van der Waals surface area (Å²) >= 11 is 17.4. The number of para-hydroxylation sites is 1. The molecule has 0 spiro atoms. The Bertz CT molecular complexity index is 792. The fourth-order valence-corrected chi connectivity index (χ4v) is 3.66. The summed E-state index contributed by atoms with van der Waals surface area (Å²) < 4.78 is 40.2. The summed E-state index contributed by atoms with van der Waals surface area (Å²) in [6.07, 6.45) is 0. The monoisotopic (exact) mass is 368 g/mol. The van der Waals surface area contributed by atoms with E-state index in [1.54, 1.807) is 0 Å². The van der Waals surface area contributed by atoms with E-state index in [-0.39, 0.29) is 31.3 Å². The van der Waals surface area contributed by atoms with Gasteiger partial charge in [-0.1, -0.05) is 40.9 Å². The predicted octanol–water partition coefficient (Wildman–Crippen LogP) is 4.17. The van der Waals surface area contributed by atoms with Gasteiger partial charge >= 0.3 is 0 Å². The number of benzene rings is 2. The van der Waals surface area contributed by atoms with Gasteiger partial charge in [0.25, 0.3) is 10.0 Å². The molecule has 0 radical (unpaired) electrons. The molecule has 0 aromatic heterocycles. The smallest absolute Gasteiger partial charge is 0.263 e. The largest absolute Gasteiger partial charge is 0.396 e. The highest BCUT2D eigenvalue weighted by molar-refractivity contribution is 7.92. The Morgan fingerprint density at radius 1 is 1.05 bits per heavy atom. The zero-order valence-electron chi connectivity index (χ0n) is 10.2. The predicted molar refractivity (Wildman–Crippen MR) is 83.1 cm³/mol. The molecule has 21 heavy (non-hydrogen) atoms. The number of hydrogen-bond donors (Lipinski definition) is 2. The summed E-state index contributed by atoms with van der Waals surface area (Å²) in [6.45, 7) is 0. The van der Waals surface area contributed by atoms with Crippen molar-refractivity contribution < 1.29 is 12.8 Å². The Kier molecular flexibility index (Phi) is 4.53. The van der Waals surface area contributed by atoms with Gasteiger partial charge in [0.15, 0.2) is 0 Å². The first-order valence-corrected chi connectivity index (χ1v) is 8.06. The third-order valence-electron chi connectivity index (χ3n) is 2.58. The standard InChI is InChI=1S/C12H8Cl3FN2O2S/c13-6-4-5-9(10(15)11(6)17)21(19,20)18-12-7(14)2-1-3-8(12)16/h1-5,18H,17H2. The number of rotatable bonds is 3. The van der Waals surface area contributed by atoms with Crippen molar-refractivity contribution in [3.63, 3.8) is 0 Å². The molecule has 0 fully saturated rings. The lowest BCUT2D eigenvalue weighted by atomic mass is 10.3. The van der Waals surface area contributed by atoms with Gasteiger partial charge in [-0.15, -0.1) is 0 Å². The highest BCUT2D eigenvalue weighted by Gasteiger charge is 2.23. The van der Waals surface area contributed by atoms with E-state index in [1.807, 2.05) is 4.72 Å². The molecule has 2 rings (SSSR count). The maximum Gasteiger partial charge on any atom is 0.263 e. The van der Waals surface area contributed by atoms with Gasteiger partial charge in [0.1, 0.15) is 16.4 Å². The minimum atomic E-state index is -4.17. The van der Waals surface area contributed by atoms with Crippen molar-refractivity contribution in [3.8, 4) is 0 Å². The molecular weight excluding hydrogens is 362 g/mol. The Hall–Kier alpha value is -1.21. The fraction of sp³-hybridized carbons (Fsp3) is 0. The maximum atomic E-state index is 13.7. The summed E-state index contributed by atoms with van der Waals surface area (Å²) in [5, 5.41) is -0.220. The lowest BCUT2D eigenvalue weighted by Crippen LogP contribution is -2.15. The molecule has 0 atom stereocenters. The summed E-state index contributed by atoms with van der Waals surface area (Å²) in [6, 6.07) is 6.21. The van der Waals surface area contributed by atoms with Crippen LogP contribution in [0.25, 0.3) is 0 Å². The molecule has 4 nitrogen and oxygen atoms in total. The van der Waals surface area contributed by atoms with E-state index >= 15 is 0 Å². The van der Waals surface area contributed by atoms with Crippen LogP contribution in [0, 0.1) is 5.82 Å². The third-order valence-corrected chi connectivity index (χ3v) is 5.14. The van der Waals surface area contributed by atoms with Crippen LogP contribution in [-0.2, 0) is 10.0 Å². The topological polar surface area (TPSA) is 72.2 Å². The number of nitrogens with two attached hydrogens (primary N) is 1. The van der Waals surface area contributed by atoms with Crippen LogP contribution in [0.2, 0.25) is 15.1 Å². The molecule has 2 aromatic rings. The van der Waals surface area contributed by atoms with Gasteiger partial charge in [-0.05, 0) is 24.3 Å². The second-order valence-corrected chi connectivity index (χ2v) is 6.82. The van der Waals surface area contributed by atoms with Crippen molar-refractivity contribution >= 4 is 56.2 Å². The van der Waals surface area contributed by atoms with E-state index in [9.17, 15) is 12.8 Å². The SMILES string of the molecule is Nc1c(Cl)ccc(S(=O)(=O)Nc2c(F)cccc2Cl)c1Cl. The van der Waals surface area contributed by atoms with Crippen molar-refractivity contribution in [2.45, 2.75) is 4.90 Å². The van der Waals surface area contributed by atoms with Gasteiger partial charge in [0.05, 0.1) is 20.8 Å². The molecule has 0 saturated heterocycles. The van der Waals surface area contributed by atoms with E-state index in [1.165, 1.54) is 18.2 Å². The molecule has 3 N–H and O–H groups in total. The zero-order valence-corrected chi connectivity index (χ0v) is 13.3. The molecule has 0 bridgehead atoms. The second-order valence-electron chi connectivity index (χ2n) is 3.98. The Balaban J connectivity index is 2.52. The molecule has 0 unspecified atom stereocenters. The van der Waals surface area contributed by atoms with Crippen LogP contribution in [0.3, 0.4) is 0 Å². The summed E-state index contributed by atoms with van der Waals surface area (Å²) in [7, 11) is -4.17. The first-order valence-electron chi connectivity index (χ1n) is 5.44. The van der Waals surface area contributed by atoms with Crippen molar-refractivity contribution in [2.24, 2.45) is 0 Å². The van der Waals surface area contributed by atoms with E-state index < -0.39 is 15.8 Å². The highest BCUT2D eigenvalue weighted by atomic mass is 35.5. The number of halogens is 4. The number of anilines is 2. The van der Waals surface area contributed by atoms with Crippen LogP contribution in [0.1, 0.15) is 0 Å². The van der Waals surface area contributed by atoms with E-state index in [2.05, 4.69) is 0 Å². The molecule has 0 saturated carbocycles. The molecule has 0 aliphatic heterocycles. The minimum absolute atomic E-state index is 0.0826. The second kappa shape index (κ2) is 5.88. The molecule has 0 aliphatic carbocycles. The van der Waals surface area contributed by atoms with E-state index in [0.29, 0.717) is 0 Å². The zero-order chi connectivity index (χ0) is 15.8. The molecule has 0 amide bonds. The maximum absolute atomic E-state index is 13.7. The van der Waals surface area contributed by atoms with Crippen molar-refractivity contribution in [3.05, 3.63) is 51.2 Å². The number of nitrogens with one attached hydrogen (secondary N) is 1. The third kappa shape index (κ3) is 3.18. The number of sulfonamides is 1. The minimum Gasteiger partial charge on any atom is -0.396 e. The Morgan fingerprint density at radius 2 is 1.71 bits per heavy atom. The number of nitrogen functional groups attached to an aromatic ring is 1. The van der Waals surface area contributed by atoms with Gasteiger partial charge in [-0.3, -0.25) is 4.72 Å². The molecule has 2 aromatic carbocycles. The normalized spacial score (nSPS) is 11.4. The van der Waals surface area contributed by atoms with Crippen LogP contribution >= 0.6 is 34.8 Å². The summed E-state index contributed by atoms with van der Waals surface area (Å²) in [4.78, 5) is -0.328. The van der Waals surface area contributed by atoms with Crippen molar-refractivity contribution in [1.82, 2.24) is 0 Å². The quantitative estimate of drug-likeness (QED) is 0.798. The van der Waals surface area contributed by atoms with Gasteiger partial charge in [-0.25, -0.2) is 12.8 Å². The average Bonchev–Trinajstić information content (AvgIpc) is 2.40. The van der Waals surface area contributed by atoms with Gasteiger partial charge < -0.3 is 5.73 Å². The molecule has 0 aliphatic rings. The Morgan fingerprint density at radius 3 is 2.33 bits per heavy atom. The molecular formula is C12H8Cl3FN2O2S. The summed E-state index contributed by atoms with van der Waals surface area (Å²) in [5.41, 5.74) is 5.12. The van der Waals surface area contributed by atoms with Gasteiger partial charge in [-0.2, -0.15) is 0 Å². The van der Waals surface area contributed by atoms with E-state index in [0.717, 1.165) is 12.1 Å². The molecule has 0 heterocycles. The van der Waals surface area contributed by atoms with E-state index in [4.69, 9.17) is 40.5 Å². The Labute approximate surface area is 135 Å². The fourth-order valence-electron chi connectivity index (χ4n) is 1.54. The molecule has 9 heteroatoms. The van der Waals surface area contributed by atoms with Crippen molar-refractivity contribution in [1.29, 1.82) is 0 Å². The van der Waals surface area contributed by atoms with Crippen LogP contribution in [0.5, 0.6) is 0 Å². The van der Waals surface area contributed by atoms with Crippen LogP contribution in [0.4, 0.5) is 15.8 Å². The van der Waals surface area contributed by atoms with Gasteiger partial charge in [0.2, 0.25) is 0 Å². The summed E-state index contributed by atoms with van der Waals surface area (Å²) in [5.74, 6) is -0.816. The molecule has 112 valence electrons. The van der Waals surface area contributed by atoms with Crippen LogP contribution < -0.4 is 10.5 Å². The first kappa shape index (κ1) is 16.2. The van der Waals surface area contributed by atoms with Gasteiger partial charge in [0, 0.05) is 0 Å². The average molecular weight is 370 g/mol. The van der Waals surface area contributed by atoms with Crippen molar-refractivity contribution in [2.75, 3.05) is 10.5 Å². The van der Waals surface area contributed by atoms with Crippen LogP contribution in [-0.4, -0.2) is 8.42 Å². The first-order chi connectivity index (χ1) is 9.74. The lowest BCUT2D eigenvalue weighted by Gasteiger charge is -2.13. The lowest BCUT2D eigenvalue weighted by molar-refractivity contribution is 0.598. The highest BCUT2D eigenvalue weighted by Crippen LogP contribution is 2.35.